The van der Waals surface area contributed by atoms with E-state index in [-0.39, 0.29) is 5.91 Å². The smallest absolute Gasteiger partial charge is 0.255 e. The van der Waals surface area contributed by atoms with E-state index in [1.165, 1.54) is 0 Å². The lowest BCUT2D eigenvalue weighted by Crippen LogP contribution is -2.13. The first-order chi connectivity index (χ1) is 11.0. The van der Waals surface area contributed by atoms with Crippen molar-refractivity contribution in [3.63, 3.8) is 0 Å². The predicted octanol–water partition coefficient (Wildman–Crippen LogP) is 4.74. The Balaban J connectivity index is 2.12. The molecule has 0 radical (unpaired) electrons. The van der Waals surface area contributed by atoms with Crippen molar-refractivity contribution in [1.82, 2.24) is 0 Å². The molecule has 0 aliphatic rings. The third kappa shape index (κ3) is 4.73. The van der Waals surface area contributed by atoms with E-state index in [4.69, 9.17) is 9.47 Å². The van der Waals surface area contributed by atoms with Crippen LogP contribution >= 0.6 is 15.9 Å². The molecule has 0 atom stereocenters. The molecule has 0 unspecified atom stereocenters. The van der Waals surface area contributed by atoms with Crippen LogP contribution in [-0.4, -0.2) is 19.6 Å². The van der Waals surface area contributed by atoms with Gasteiger partial charge in [0.2, 0.25) is 0 Å². The summed E-state index contributed by atoms with van der Waals surface area (Å²) in [5.41, 5.74) is 1.18. The largest absolute Gasteiger partial charge is 0.495 e. The monoisotopic (exact) mass is 377 g/mol. The van der Waals surface area contributed by atoms with Gasteiger partial charge in [0.1, 0.15) is 11.5 Å². The van der Waals surface area contributed by atoms with Gasteiger partial charge >= 0.3 is 0 Å². The molecule has 2 rings (SSSR count). The van der Waals surface area contributed by atoms with Crippen molar-refractivity contribution in [2.24, 2.45) is 5.92 Å². The van der Waals surface area contributed by atoms with Crippen LogP contribution in [-0.2, 0) is 0 Å². The quantitative estimate of drug-likeness (QED) is 0.790. The molecule has 122 valence electrons. The molecule has 5 heteroatoms. The molecule has 1 amide bonds. The van der Waals surface area contributed by atoms with E-state index >= 15 is 0 Å². The van der Waals surface area contributed by atoms with Crippen molar-refractivity contribution < 1.29 is 14.3 Å². The third-order valence-electron chi connectivity index (χ3n) is 3.12. The zero-order valence-electron chi connectivity index (χ0n) is 13.4. The third-order valence-corrected chi connectivity index (χ3v) is 3.74. The Kier molecular flexibility index (Phi) is 6.04. The van der Waals surface area contributed by atoms with Crippen molar-refractivity contribution >= 4 is 27.5 Å². The van der Waals surface area contributed by atoms with Gasteiger partial charge in [-0.15, -0.1) is 0 Å². The van der Waals surface area contributed by atoms with Gasteiger partial charge in [0.05, 0.1) is 23.9 Å². The summed E-state index contributed by atoms with van der Waals surface area (Å²) < 4.78 is 11.7. The number of ether oxygens (including phenoxy) is 2. The zero-order chi connectivity index (χ0) is 16.8. The Morgan fingerprint density at radius 3 is 2.57 bits per heavy atom. The number of carbonyl (C=O) groups is 1. The fourth-order valence-corrected chi connectivity index (χ4v) is 2.45. The fraction of sp³-hybridized carbons (Fsp3) is 0.278. The summed E-state index contributed by atoms with van der Waals surface area (Å²) in [7, 11) is 1.57. The summed E-state index contributed by atoms with van der Waals surface area (Å²) in [6.45, 7) is 4.80. The molecule has 0 aliphatic carbocycles. The summed E-state index contributed by atoms with van der Waals surface area (Å²) in [6, 6.07) is 12.6. The minimum absolute atomic E-state index is 0.203. The highest BCUT2D eigenvalue weighted by Crippen LogP contribution is 2.28. The van der Waals surface area contributed by atoms with Gasteiger partial charge in [-0.25, -0.2) is 0 Å². The van der Waals surface area contributed by atoms with Crippen LogP contribution in [0.4, 0.5) is 5.69 Å². The SMILES string of the molecule is COc1ccccc1NC(=O)c1ccc(OCC(C)C)c(Br)c1. The second-order valence-corrected chi connectivity index (χ2v) is 6.36. The van der Waals surface area contributed by atoms with Gasteiger partial charge in [-0.05, 0) is 52.2 Å². The normalized spacial score (nSPS) is 10.5. The van der Waals surface area contributed by atoms with Gasteiger partial charge in [0.15, 0.2) is 0 Å². The Labute approximate surface area is 144 Å². The maximum atomic E-state index is 12.4. The summed E-state index contributed by atoms with van der Waals surface area (Å²) in [4.78, 5) is 12.4. The van der Waals surface area contributed by atoms with E-state index < -0.39 is 0 Å². The van der Waals surface area contributed by atoms with Crippen LogP contribution in [0.5, 0.6) is 11.5 Å². The highest BCUT2D eigenvalue weighted by atomic mass is 79.9. The summed E-state index contributed by atoms with van der Waals surface area (Å²) >= 11 is 3.45. The van der Waals surface area contributed by atoms with E-state index in [0.29, 0.717) is 29.5 Å². The number of carbonyl (C=O) groups excluding carboxylic acids is 1. The molecule has 0 saturated heterocycles. The van der Waals surface area contributed by atoms with Crippen LogP contribution in [0.1, 0.15) is 24.2 Å². The second kappa shape index (κ2) is 8.02. The highest BCUT2D eigenvalue weighted by Gasteiger charge is 2.12. The Morgan fingerprint density at radius 1 is 1.17 bits per heavy atom. The topological polar surface area (TPSA) is 47.6 Å². The number of benzene rings is 2. The number of amides is 1. The van der Waals surface area contributed by atoms with Crippen molar-refractivity contribution in [2.75, 3.05) is 19.0 Å². The molecule has 0 saturated carbocycles. The van der Waals surface area contributed by atoms with E-state index in [1.807, 2.05) is 12.1 Å². The Bertz CT molecular complexity index is 686. The van der Waals surface area contributed by atoms with Gasteiger partial charge in [-0.1, -0.05) is 26.0 Å². The van der Waals surface area contributed by atoms with Crippen LogP contribution < -0.4 is 14.8 Å². The summed E-state index contributed by atoms with van der Waals surface area (Å²) in [5.74, 6) is 1.59. The van der Waals surface area contributed by atoms with Crippen molar-refractivity contribution in [3.8, 4) is 11.5 Å². The van der Waals surface area contributed by atoms with Crippen LogP contribution in [0.15, 0.2) is 46.9 Å². The van der Waals surface area contributed by atoms with Crippen LogP contribution in [0.2, 0.25) is 0 Å². The van der Waals surface area contributed by atoms with Gasteiger partial charge in [-0.3, -0.25) is 4.79 Å². The summed E-state index contributed by atoms with van der Waals surface area (Å²) in [5, 5.41) is 2.85. The molecule has 2 aromatic rings. The van der Waals surface area contributed by atoms with Gasteiger partial charge in [-0.2, -0.15) is 0 Å². The van der Waals surface area contributed by atoms with Crippen molar-refractivity contribution in [2.45, 2.75) is 13.8 Å². The predicted molar refractivity (Wildman–Crippen MR) is 95.4 cm³/mol. The minimum atomic E-state index is -0.203. The first-order valence-corrected chi connectivity index (χ1v) is 8.17. The average Bonchev–Trinajstić information content (AvgIpc) is 2.54. The molecular weight excluding hydrogens is 358 g/mol. The molecule has 0 heterocycles. The van der Waals surface area contributed by atoms with Gasteiger partial charge in [0.25, 0.3) is 5.91 Å². The molecular formula is C18H20BrNO3. The standard InChI is InChI=1S/C18H20BrNO3/c1-12(2)11-23-16-9-8-13(10-14(16)19)18(21)20-15-6-4-5-7-17(15)22-3/h4-10,12H,11H2,1-3H3,(H,20,21). The lowest BCUT2D eigenvalue weighted by atomic mass is 10.2. The first-order valence-electron chi connectivity index (χ1n) is 7.38. The number of hydrogen-bond acceptors (Lipinski definition) is 3. The van der Waals surface area contributed by atoms with E-state index in [9.17, 15) is 4.79 Å². The number of para-hydroxylation sites is 2. The molecule has 0 aromatic heterocycles. The van der Waals surface area contributed by atoms with E-state index in [0.717, 1.165) is 10.2 Å². The Morgan fingerprint density at radius 2 is 1.91 bits per heavy atom. The molecule has 0 fully saturated rings. The fourth-order valence-electron chi connectivity index (χ4n) is 1.96. The number of rotatable bonds is 6. The molecule has 23 heavy (non-hydrogen) atoms. The molecule has 2 aromatic carbocycles. The molecule has 0 spiro atoms. The van der Waals surface area contributed by atoms with E-state index in [2.05, 4.69) is 35.1 Å². The number of anilines is 1. The molecule has 0 bridgehead atoms. The number of nitrogens with one attached hydrogen (secondary N) is 1. The summed E-state index contributed by atoms with van der Waals surface area (Å²) in [6.07, 6.45) is 0. The molecule has 1 N–H and O–H groups in total. The van der Waals surface area contributed by atoms with E-state index in [1.54, 1.807) is 37.4 Å². The zero-order valence-corrected chi connectivity index (χ0v) is 15.0. The average molecular weight is 378 g/mol. The van der Waals surface area contributed by atoms with Gasteiger partial charge in [0, 0.05) is 5.56 Å². The van der Waals surface area contributed by atoms with Crippen LogP contribution in [0, 0.1) is 5.92 Å². The maximum Gasteiger partial charge on any atom is 0.255 e. The molecule has 0 aliphatic heterocycles. The van der Waals surface area contributed by atoms with Crippen molar-refractivity contribution in [1.29, 1.82) is 0 Å². The van der Waals surface area contributed by atoms with Crippen molar-refractivity contribution in [3.05, 3.63) is 52.5 Å². The number of hydrogen-bond donors (Lipinski definition) is 1. The minimum Gasteiger partial charge on any atom is -0.495 e. The highest BCUT2D eigenvalue weighted by molar-refractivity contribution is 9.10. The first kappa shape index (κ1) is 17.3. The molecule has 4 nitrogen and oxygen atoms in total. The van der Waals surface area contributed by atoms with Gasteiger partial charge < -0.3 is 14.8 Å². The lowest BCUT2D eigenvalue weighted by Gasteiger charge is -2.12. The lowest BCUT2D eigenvalue weighted by molar-refractivity contribution is 0.102. The number of halogens is 1. The number of methoxy groups -OCH3 is 1. The van der Waals surface area contributed by atoms with Crippen LogP contribution in [0.25, 0.3) is 0 Å². The maximum absolute atomic E-state index is 12.4. The van der Waals surface area contributed by atoms with Crippen LogP contribution in [0.3, 0.4) is 0 Å². The Hall–Kier alpha value is -2.01. The second-order valence-electron chi connectivity index (χ2n) is 5.50.